The highest BCUT2D eigenvalue weighted by molar-refractivity contribution is 7.89. The van der Waals surface area contributed by atoms with Gasteiger partial charge in [-0.3, -0.25) is 9.59 Å². The van der Waals surface area contributed by atoms with E-state index in [1.54, 1.807) is 36.1 Å². The minimum atomic E-state index is -3.54. The Bertz CT molecular complexity index is 1290. The molecule has 0 saturated heterocycles. The maximum Gasteiger partial charge on any atom is 0.247 e. The number of nitrogens with zero attached hydrogens (tertiary/aromatic N) is 1. The predicted molar refractivity (Wildman–Crippen MR) is 154 cm³/mol. The molecular formula is C31H39N3O4S. The number of benzene rings is 3. The molecule has 0 aliphatic carbocycles. The molecular weight excluding hydrogens is 510 g/mol. The van der Waals surface area contributed by atoms with Crippen LogP contribution in [0.1, 0.15) is 56.3 Å². The lowest BCUT2D eigenvalue weighted by atomic mass is 10.0. The Hall–Kier alpha value is -3.49. The van der Waals surface area contributed by atoms with Gasteiger partial charge in [0.1, 0.15) is 6.04 Å². The first-order valence-electron chi connectivity index (χ1n) is 13.5. The van der Waals surface area contributed by atoms with Crippen LogP contribution in [-0.4, -0.2) is 38.2 Å². The number of amides is 2. The number of rotatable bonds is 14. The second kappa shape index (κ2) is 14.6. The average Bonchev–Trinajstić information content (AvgIpc) is 2.92. The van der Waals surface area contributed by atoms with Crippen LogP contribution < -0.4 is 10.0 Å². The molecule has 208 valence electrons. The van der Waals surface area contributed by atoms with Crippen molar-refractivity contribution in [1.29, 1.82) is 0 Å². The van der Waals surface area contributed by atoms with Gasteiger partial charge in [-0.2, -0.15) is 0 Å². The molecule has 0 fully saturated rings. The molecule has 39 heavy (non-hydrogen) atoms. The fourth-order valence-electron chi connectivity index (χ4n) is 4.30. The van der Waals surface area contributed by atoms with Crippen LogP contribution in [0.4, 0.5) is 0 Å². The van der Waals surface area contributed by atoms with E-state index in [-0.39, 0.29) is 29.7 Å². The quantitative estimate of drug-likeness (QED) is 0.301. The van der Waals surface area contributed by atoms with Crippen LogP contribution in [0.25, 0.3) is 0 Å². The van der Waals surface area contributed by atoms with Crippen LogP contribution in [0.3, 0.4) is 0 Å². The zero-order valence-electron chi connectivity index (χ0n) is 23.0. The van der Waals surface area contributed by atoms with Gasteiger partial charge in [0.15, 0.2) is 0 Å². The summed E-state index contributed by atoms with van der Waals surface area (Å²) in [6.07, 6.45) is 1.44. The summed E-state index contributed by atoms with van der Waals surface area (Å²) in [6.45, 7) is 7.07. The van der Waals surface area contributed by atoms with E-state index in [1.807, 2.05) is 60.7 Å². The van der Waals surface area contributed by atoms with E-state index >= 15 is 0 Å². The van der Waals surface area contributed by atoms with E-state index in [9.17, 15) is 18.0 Å². The summed E-state index contributed by atoms with van der Waals surface area (Å²) >= 11 is 0. The molecule has 0 aliphatic rings. The lowest BCUT2D eigenvalue weighted by molar-refractivity contribution is -0.141. The molecule has 0 bridgehead atoms. The van der Waals surface area contributed by atoms with Crippen LogP contribution in [0, 0.1) is 5.92 Å². The number of carbonyl (C=O) groups is 2. The molecule has 0 radical (unpaired) electrons. The van der Waals surface area contributed by atoms with Gasteiger partial charge in [0, 0.05) is 26.1 Å². The highest BCUT2D eigenvalue weighted by atomic mass is 32.2. The van der Waals surface area contributed by atoms with Crippen molar-refractivity contribution in [3.8, 4) is 0 Å². The molecule has 0 unspecified atom stereocenters. The van der Waals surface area contributed by atoms with Crippen LogP contribution in [-0.2, 0) is 32.6 Å². The Balaban J connectivity index is 1.85. The van der Waals surface area contributed by atoms with Gasteiger partial charge in [-0.1, -0.05) is 93.6 Å². The highest BCUT2D eigenvalue weighted by Crippen LogP contribution is 2.25. The topological polar surface area (TPSA) is 95.6 Å². The van der Waals surface area contributed by atoms with Gasteiger partial charge in [-0.25, -0.2) is 13.1 Å². The maximum absolute atomic E-state index is 13.8. The van der Waals surface area contributed by atoms with Gasteiger partial charge in [-0.05, 0) is 47.6 Å². The molecule has 3 rings (SSSR count). The fourth-order valence-corrected chi connectivity index (χ4v) is 5.34. The minimum absolute atomic E-state index is 0.156. The Morgan fingerprint density at radius 3 is 2.05 bits per heavy atom. The smallest absolute Gasteiger partial charge is 0.247 e. The molecule has 0 heterocycles. The second-order valence-corrected chi connectivity index (χ2v) is 11.7. The lowest BCUT2D eigenvalue weighted by Gasteiger charge is -2.32. The number of nitrogens with one attached hydrogen (secondary N) is 2. The van der Waals surface area contributed by atoms with Crippen molar-refractivity contribution in [2.24, 2.45) is 5.92 Å². The first-order valence-corrected chi connectivity index (χ1v) is 14.9. The molecule has 2 N–H and O–H groups in total. The van der Waals surface area contributed by atoms with Gasteiger partial charge < -0.3 is 10.2 Å². The summed E-state index contributed by atoms with van der Waals surface area (Å²) in [5.74, 6) is 0.0850. The summed E-state index contributed by atoms with van der Waals surface area (Å²) in [6, 6.07) is 24.8. The number of sulfonamides is 1. The molecule has 7 nitrogen and oxygen atoms in total. The van der Waals surface area contributed by atoms with Crippen molar-refractivity contribution in [2.75, 3.05) is 13.1 Å². The van der Waals surface area contributed by atoms with Gasteiger partial charge in [-0.15, -0.1) is 0 Å². The largest absolute Gasteiger partial charge is 0.354 e. The van der Waals surface area contributed by atoms with Gasteiger partial charge in [0.25, 0.3) is 0 Å². The van der Waals surface area contributed by atoms with Crippen molar-refractivity contribution in [3.05, 3.63) is 102 Å². The van der Waals surface area contributed by atoms with E-state index in [4.69, 9.17) is 0 Å². The molecule has 0 aromatic heterocycles. The third-order valence-electron chi connectivity index (χ3n) is 6.41. The van der Waals surface area contributed by atoms with E-state index < -0.39 is 16.1 Å². The van der Waals surface area contributed by atoms with Crippen molar-refractivity contribution < 1.29 is 18.0 Å². The first kappa shape index (κ1) is 30.1. The standard InChI is InChI=1S/C31H39N3O4S/c1-4-33-39(37,38)28-18-15-25(16-19-28)17-20-29(35)34(23-26-11-7-5-8-12-26)30(27-13-9-6-10-14-27)31(36)32-22-21-24(2)3/h5-16,18-19,24,30,33H,4,17,20-23H2,1-3H3,(H,32,36)/t30-/m1/s1. The fraction of sp³-hybridized carbons (Fsp3) is 0.355. The summed E-state index contributed by atoms with van der Waals surface area (Å²) in [7, 11) is -3.54. The van der Waals surface area contributed by atoms with Crippen LogP contribution in [0.2, 0.25) is 0 Å². The Morgan fingerprint density at radius 1 is 0.846 bits per heavy atom. The Morgan fingerprint density at radius 2 is 1.46 bits per heavy atom. The van der Waals surface area contributed by atoms with Crippen LogP contribution in [0.5, 0.6) is 0 Å². The Kier molecular flexibility index (Phi) is 11.3. The monoisotopic (exact) mass is 549 g/mol. The molecule has 0 aliphatic heterocycles. The molecule has 8 heteroatoms. The molecule has 1 atom stereocenters. The minimum Gasteiger partial charge on any atom is -0.354 e. The number of hydrogen-bond donors (Lipinski definition) is 2. The number of hydrogen-bond acceptors (Lipinski definition) is 4. The average molecular weight is 550 g/mol. The summed E-state index contributed by atoms with van der Waals surface area (Å²) in [5, 5.41) is 3.04. The van der Waals surface area contributed by atoms with Crippen LogP contribution >= 0.6 is 0 Å². The van der Waals surface area contributed by atoms with Crippen molar-refractivity contribution in [3.63, 3.8) is 0 Å². The SMILES string of the molecule is CCNS(=O)(=O)c1ccc(CCC(=O)N(Cc2ccccc2)[C@@H](C(=O)NCCC(C)C)c2ccccc2)cc1. The summed E-state index contributed by atoms with van der Waals surface area (Å²) in [5.41, 5.74) is 2.53. The number of carbonyl (C=O) groups excluding carboxylic acids is 2. The Labute approximate surface area is 232 Å². The van der Waals surface area contributed by atoms with E-state index in [0.29, 0.717) is 25.4 Å². The van der Waals surface area contributed by atoms with Gasteiger partial charge in [0.2, 0.25) is 21.8 Å². The zero-order valence-corrected chi connectivity index (χ0v) is 23.8. The molecule has 0 saturated carbocycles. The van der Waals surface area contributed by atoms with Crippen molar-refractivity contribution >= 4 is 21.8 Å². The maximum atomic E-state index is 13.8. The molecule has 3 aromatic carbocycles. The molecule has 0 spiro atoms. The van der Waals surface area contributed by atoms with Crippen LogP contribution in [0.15, 0.2) is 89.8 Å². The van der Waals surface area contributed by atoms with Gasteiger partial charge >= 0.3 is 0 Å². The predicted octanol–water partition coefficient (Wildman–Crippen LogP) is 4.85. The first-order chi connectivity index (χ1) is 18.7. The second-order valence-electron chi connectivity index (χ2n) is 9.94. The third kappa shape index (κ3) is 9.04. The zero-order chi connectivity index (χ0) is 28.3. The van der Waals surface area contributed by atoms with E-state index in [0.717, 1.165) is 23.1 Å². The van der Waals surface area contributed by atoms with E-state index in [2.05, 4.69) is 23.9 Å². The van der Waals surface area contributed by atoms with Crippen molar-refractivity contribution in [2.45, 2.75) is 57.5 Å². The summed E-state index contributed by atoms with van der Waals surface area (Å²) in [4.78, 5) is 29.2. The number of aryl methyl sites for hydroxylation is 1. The lowest BCUT2D eigenvalue weighted by Crippen LogP contribution is -2.43. The third-order valence-corrected chi connectivity index (χ3v) is 7.97. The van der Waals surface area contributed by atoms with Gasteiger partial charge in [0.05, 0.1) is 4.90 Å². The highest BCUT2D eigenvalue weighted by Gasteiger charge is 2.31. The van der Waals surface area contributed by atoms with Crippen molar-refractivity contribution in [1.82, 2.24) is 14.9 Å². The van der Waals surface area contributed by atoms with E-state index in [1.165, 1.54) is 0 Å². The normalized spacial score (nSPS) is 12.2. The molecule has 2 amide bonds. The summed E-state index contributed by atoms with van der Waals surface area (Å²) < 4.78 is 27.0. The molecule has 3 aromatic rings.